The van der Waals surface area contributed by atoms with E-state index in [2.05, 4.69) is 32.0 Å². The third kappa shape index (κ3) is 3.36. The maximum absolute atomic E-state index is 13.1. The van der Waals surface area contributed by atoms with Gasteiger partial charge in [-0.2, -0.15) is 0 Å². The number of carbonyl (C=O) groups excluding carboxylic acids is 1. The van der Waals surface area contributed by atoms with Gasteiger partial charge in [0.15, 0.2) is 5.16 Å². The molecule has 4 rings (SSSR count). The van der Waals surface area contributed by atoms with Crippen LogP contribution in [0.2, 0.25) is 0 Å². The van der Waals surface area contributed by atoms with E-state index in [1.165, 1.54) is 34.2 Å². The number of Topliss-reactive ketones (excluding diaryl/α,β-unsaturated/α-hetero) is 1. The summed E-state index contributed by atoms with van der Waals surface area (Å²) in [5.74, 6) is 0.280. The average molecular weight is 399 g/mol. The molecule has 0 unspecified atom stereocenters. The number of nitrogens with zero attached hydrogens (tertiary/aromatic N) is 2. The minimum absolute atomic E-state index is 0.0414. The maximum Gasteiger partial charge on any atom is 0.263 e. The van der Waals surface area contributed by atoms with Gasteiger partial charge in [-0.1, -0.05) is 36.4 Å². The number of ketones is 1. The van der Waals surface area contributed by atoms with E-state index in [1.807, 2.05) is 5.38 Å². The van der Waals surface area contributed by atoms with Crippen molar-refractivity contribution in [1.82, 2.24) is 9.55 Å². The lowest BCUT2D eigenvalue weighted by Crippen LogP contribution is -2.25. The zero-order chi connectivity index (χ0) is 19.1. The predicted octanol–water partition coefficient (Wildman–Crippen LogP) is 4.88. The average Bonchev–Trinajstić information content (AvgIpc) is 3.07. The lowest BCUT2D eigenvalue weighted by Gasteiger charge is -2.20. The Kier molecular flexibility index (Phi) is 4.95. The summed E-state index contributed by atoms with van der Waals surface area (Å²) in [5, 5.41) is 3.25. The highest BCUT2D eigenvalue weighted by Gasteiger charge is 2.25. The van der Waals surface area contributed by atoms with Crippen molar-refractivity contribution in [2.45, 2.75) is 49.9 Å². The lowest BCUT2D eigenvalue weighted by atomic mass is 9.99. The number of aryl methyl sites for hydroxylation is 2. The Hall–Kier alpha value is -1.92. The Morgan fingerprint density at radius 3 is 2.74 bits per heavy atom. The fraction of sp³-hybridized carbons (Fsp3) is 0.381. The molecule has 27 heavy (non-hydrogen) atoms. The van der Waals surface area contributed by atoms with Crippen molar-refractivity contribution >= 4 is 39.1 Å². The first-order valence-electron chi connectivity index (χ1n) is 9.21. The van der Waals surface area contributed by atoms with Gasteiger partial charge >= 0.3 is 0 Å². The van der Waals surface area contributed by atoms with Gasteiger partial charge in [0.25, 0.3) is 5.56 Å². The zero-order valence-corrected chi connectivity index (χ0v) is 17.4. The maximum atomic E-state index is 13.1. The second-order valence-corrected chi connectivity index (χ2v) is 9.23. The number of carbonyl (C=O) groups is 1. The van der Waals surface area contributed by atoms with Gasteiger partial charge in [0.2, 0.25) is 0 Å². The van der Waals surface area contributed by atoms with Crippen LogP contribution in [0, 0.1) is 13.8 Å². The molecular weight excluding hydrogens is 376 g/mol. The van der Waals surface area contributed by atoms with Crippen LogP contribution in [0.1, 0.15) is 36.8 Å². The quantitative estimate of drug-likeness (QED) is 0.590. The van der Waals surface area contributed by atoms with Gasteiger partial charge in [-0.15, -0.1) is 11.3 Å². The molecule has 1 aliphatic rings. The summed E-state index contributed by atoms with van der Waals surface area (Å²) >= 11 is 2.94. The fourth-order valence-corrected chi connectivity index (χ4v) is 5.65. The molecule has 4 nitrogen and oxygen atoms in total. The van der Waals surface area contributed by atoms with E-state index in [0.29, 0.717) is 17.0 Å². The van der Waals surface area contributed by atoms with Crippen LogP contribution in [-0.4, -0.2) is 20.6 Å². The number of hydrogen-bond acceptors (Lipinski definition) is 5. The Morgan fingerprint density at radius 2 is 2.00 bits per heavy atom. The number of benzene rings is 1. The van der Waals surface area contributed by atoms with Gasteiger partial charge in [-0.05, 0) is 43.4 Å². The molecule has 1 aliphatic carbocycles. The first-order valence-corrected chi connectivity index (χ1v) is 11.0. The highest BCUT2D eigenvalue weighted by molar-refractivity contribution is 8.00. The van der Waals surface area contributed by atoms with E-state index in [-0.39, 0.29) is 16.6 Å². The van der Waals surface area contributed by atoms with E-state index in [1.54, 1.807) is 11.6 Å². The first kappa shape index (κ1) is 18.4. The summed E-state index contributed by atoms with van der Waals surface area (Å²) < 4.78 is 1.60. The lowest BCUT2D eigenvalue weighted by molar-refractivity contribution is -0.119. The van der Waals surface area contributed by atoms with Crippen molar-refractivity contribution in [3.05, 3.63) is 45.1 Å². The molecule has 0 spiro atoms. The van der Waals surface area contributed by atoms with Gasteiger partial charge in [-0.25, -0.2) is 4.98 Å². The molecule has 3 aromatic rings. The monoisotopic (exact) mass is 398 g/mol. The number of rotatable bonds is 3. The Bertz CT molecular complexity index is 1100. The molecule has 2 heterocycles. The van der Waals surface area contributed by atoms with Crippen molar-refractivity contribution in [2.75, 3.05) is 0 Å². The smallest absolute Gasteiger partial charge is 0.263 e. The second-order valence-electron chi connectivity index (χ2n) is 7.21. The minimum Gasteiger partial charge on any atom is -0.298 e. The van der Waals surface area contributed by atoms with E-state index in [0.717, 1.165) is 35.2 Å². The predicted molar refractivity (Wildman–Crippen MR) is 113 cm³/mol. The van der Waals surface area contributed by atoms with Crippen LogP contribution in [-0.2, 0) is 11.8 Å². The van der Waals surface area contributed by atoms with E-state index in [4.69, 9.17) is 4.98 Å². The Morgan fingerprint density at radius 1 is 1.19 bits per heavy atom. The van der Waals surface area contributed by atoms with Crippen molar-refractivity contribution in [3.8, 4) is 11.1 Å². The summed E-state index contributed by atoms with van der Waals surface area (Å²) in [6.45, 7) is 4.17. The van der Waals surface area contributed by atoms with E-state index in [9.17, 15) is 9.59 Å². The van der Waals surface area contributed by atoms with Crippen LogP contribution < -0.4 is 5.56 Å². The number of fused-ring (bicyclic) bond motifs is 1. The highest BCUT2D eigenvalue weighted by Crippen LogP contribution is 2.35. The van der Waals surface area contributed by atoms with E-state index >= 15 is 0 Å². The molecule has 1 aromatic carbocycles. The summed E-state index contributed by atoms with van der Waals surface area (Å²) in [6.07, 6.45) is 3.56. The number of thiophene rings is 1. The Balaban J connectivity index is 1.78. The first-order chi connectivity index (χ1) is 13.0. The molecule has 0 amide bonds. The molecule has 140 valence electrons. The summed E-state index contributed by atoms with van der Waals surface area (Å²) in [4.78, 5) is 30.8. The number of thioether (sulfide) groups is 1. The van der Waals surface area contributed by atoms with Crippen LogP contribution in [0.3, 0.4) is 0 Å². The summed E-state index contributed by atoms with van der Waals surface area (Å²) in [7, 11) is 1.76. The molecular formula is C21H22N2O2S2. The highest BCUT2D eigenvalue weighted by atomic mass is 32.2. The van der Waals surface area contributed by atoms with Gasteiger partial charge in [-0.3, -0.25) is 14.2 Å². The molecule has 6 heteroatoms. The van der Waals surface area contributed by atoms with E-state index < -0.39 is 0 Å². The third-order valence-electron chi connectivity index (χ3n) is 5.34. The largest absolute Gasteiger partial charge is 0.298 e. The van der Waals surface area contributed by atoms with Crippen LogP contribution in [0.5, 0.6) is 0 Å². The van der Waals surface area contributed by atoms with Crippen LogP contribution >= 0.6 is 23.1 Å². The van der Waals surface area contributed by atoms with Gasteiger partial charge in [0.05, 0.1) is 10.6 Å². The SMILES string of the molecule is Cc1ccc(-c2csc3nc(S[C@@H]4CCCCC4=O)n(C)c(=O)c23)cc1C. The zero-order valence-electron chi connectivity index (χ0n) is 15.7. The molecule has 0 bridgehead atoms. The summed E-state index contributed by atoms with van der Waals surface area (Å²) in [5.41, 5.74) is 4.39. The summed E-state index contributed by atoms with van der Waals surface area (Å²) in [6, 6.07) is 6.28. The van der Waals surface area contributed by atoms with Crippen molar-refractivity contribution in [3.63, 3.8) is 0 Å². The van der Waals surface area contributed by atoms with Crippen LogP contribution in [0.25, 0.3) is 21.3 Å². The Labute approximate surface area is 166 Å². The normalized spacial score (nSPS) is 17.6. The minimum atomic E-state index is -0.0755. The number of hydrogen-bond donors (Lipinski definition) is 0. The van der Waals surface area contributed by atoms with Crippen molar-refractivity contribution in [2.24, 2.45) is 7.05 Å². The topological polar surface area (TPSA) is 52.0 Å². The van der Waals surface area contributed by atoms with Crippen LogP contribution in [0.4, 0.5) is 0 Å². The molecule has 0 aliphatic heterocycles. The molecule has 0 N–H and O–H groups in total. The van der Waals surface area contributed by atoms with Gasteiger partial charge in [0.1, 0.15) is 10.6 Å². The molecule has 0 saturated heterocycles. The molecule has 1 atom stereocenters. The molecule has 1 fully saturated rings. The number of aromatic nitrogens is 2. The van der Waals surface area contributed by atoms with Crippen molar-refractivity contribution < 1.29 is 4.79 Å². The molecule has 2 aromatic heterocycles. The van der Waals surface area contributed by atoms with Gasteiger partial charge in [0, 0.05) is 24.4 Å². The third-order valence-corrected chi connectivity index (χ3v) is 7.57. The standard InChI is InChI=1S/C21H22N2O2S2/c1-12-8-9-14(10-13(12)2)15-11-26-19-18(15)20(25)23(3)21(22-19)27-17-7-5-4-6-16(17)24/h8-11,17H,4-7H2,1-3H3/t17-/m1/s1. The van der Waals surface area contributed by atoms with Gasteiger partial charge < -0.3 is 0 Å². The van der Waals surface area contributed by atoms with Crippen molar-refractivity contribution in [1.29, 1.82) is 0 Å². The molecule has 1 saturated carbocycles. The second kappa shape index (κ2) is 7.24. The molecule has 0 radical (unpaired) electrons. The van der Waals surface area contributed by atoms with Crippen LogP contribution in [0.15, 0.2) is 33.5 Å². The fourth-order valence-electron chi connectivity index (χ4n) is 3.48.